The van der Waals surface area contributed by atoms with Gasteiger partial charge in [0.1, 0.15) is 5.82 Å². The Bertz CT molecular complexity index is 330. The smallest absolute Gasteiger partial charge is 0.149 e. The Morgan fingerprint density at radius 3 is 2.47 bits per heavy atom. The van der Waals surface area contributed by atoms with Crippen molar-refractivity contribution in [2.45, 2.75) is 46.1 Å². The molecule has 1 aromatic heterocycles. The van der Waals surface area contributed by atoms with Crippen molar-refractivity contribution >= 4 is 11.5 Å². The van der Waals surface area contributed by atoms with Crippen molar-refractivity contribution in [2.75, 3.05) is 11.1 Å². The average molecular weight is 207 g/mol. The van der Waals surface area contributed by atoms with Crippen molar-refractivity contribution in [3.8, 4) is 0 Å². The minimum Gasteiger partial charge on any atom is -0.396 e. The Morgan fingerprint density at radius 2 is 1.93 bits per heavy atom. The van der Waals surface area contributed by atoms with E-state index in [0.29, 0.717) is 5.69 Å². The van der Waals surface area contributed by atoms with Gasteiger partial charge in [0.05, 0.1) is 5.69 Å². The predicted octanol–water partition coefficient (Wildman–Crippen LogP) is 2.96. The lowest BCUT2D eigenvalue weighted by Gasteiger charge is -2.29. The molecular weight excluding hydrogens is 186 g/mol. The third-order valence-corrected chi connectivity index (χ3v) is 3.05. The molecule has 1 heterocycles. The van der Waals surface area contributed by atoms with Crippen LogP contribution in [0.15, 0.2) is 12.1 Å². The first-order valence-electron chi connectivity index (χ1n) is 5.52. The highest BCUT2D eigenvalue weighted by molar-refractivity contribution is 5.62. The summed E-state index contributed by atoms with van der Waals surface area (Å²) in [6.07, 6.45) is 2.11. The summed E-state index contributed by atoms with van der Waals surface area (Å²) >= 11 is 0. The van der Waals surface area contributed by atoms with Crippen LogP contribution in [0.4, 0.5) is 11.5 Å². The molecule has 0 amide bonds. The fraction of sp³-hybridized carbons (Fsp3) is 0.583. The van der Waals surface area contributed by atoms with Crippen LogP contribution in [0.2, 0.25) is 0 Å². The van der Waals surface area contributed by atoms with Crippen LogP contribution in [-0.2, 0) is 0 Å². The van der Waals surface area contributed by atoms with E-state index in [1.54, 1.807) is 0 Å². The van der Waals surface area contributed by atoms with Crippen LogP contribution >= 0.6 is 0 Å². The molecule has 0 aliphatic carbocycles. The van der Waals surface area contributed by atoms with Gasteiger partial charge < -0.3 is 11.1 Å². The van der Waals surface area contributed by atoms with E-state index in [4.69, 9.17) is 5.73 Å². The number of hydrogen-bond acceptors (Lipinski definition) is 3. The van der Waals surface area contributed by atoms with E-state index in [2.05, 4.69) is 31.1 Å². The second-order valence-electron chi connectivity index (χ2n) is 4.28. The highest BCUT2D eigenvalue weighted by Crippen LogP contribution is 2.24. The van der Waals surface area contributed by atoms with Gasteiger partial charge in [-0.1, -0.05) is 13.8 Å². The van der Waals surface area contributed by atoms with Crippen molar-refractivity contribution in [3.63, 3.8) is 0 Å². The average Bonchev–Trinajstić information content (AvgIpc) is 2.23. The second kappa shape index (κ2) is 4.51. The number of anilines is 2. The van der Waals surface area contributed by atoms with Crippen LogP contribution in [0.5, 0.6) is 0 Å². The molecule has 0 aromatic carbocycles. The van der Waals surface area contributed by atoms with Gasteiger partial charge in [-0.25, -0.2) is 4.98 Å². The van der Waals surface area contributed by atoms with Gasteiger partial charge in [-0.05, 0) is 38.8 Å². The molecule has 3 heteroatoms. The molecule has 0 bridgehead atoms. The molecule has 0 fully saturated rings. The molecule has 15 heavy (non-hydrogen) atoms. The molecule has 0 saturated heterocycles. The quantitative estimate of drug-likeness (QED) is 0.798. The molecule has 0 saturated carbocycles. The number of pyridine rings is 1. The first kappa shape index (κ1) is 11.8. The van der Waals surface area contributed by atoms with Gasteiger partial charge in [-0.15, -0.1) is 0 Å². The summed E-state index contributed by atoms with van der Waals surface area (Å²) in [5.41, 5.74) is 7.66. The van der Waals surface area contributed by atoms with Gasteiger partial charge in [-0.3, -0.25) is 0 Å². The summed E-state index contributed by atoms with van der Waals surface area (Å²) in [7, 11) is 0. The van der Waals surface area contributed by atoms with Crippen molar-refractivity contribution in [2.24, 2.45) is 0 Å². The number of hydrogen-bond donors (Lipinski definition) is 2. The van der Waals surface area contributed by atoms with E-state index >= 15 is 0 Å². The Labute approximate surface area is 92.1 Å². The molecular formula is C12H21N3. The maximum absolute atomic E-state index is 5.88. The standard InChI is InChI=1S/C12H21N3/c1-5-12(4,6-2)15-11-10(13)8-7-9(3)14-11/h7-8H,5-6,13H2,1-4H3,(H,14,15). The fourth-order valence-corrected chi connectivity index (χ4v) is 1.38. The predicted molar refractivity (Wildman–Crippen MR) is 66.0 cm³/mol. The van der Waals surface area contributed by atoms with Crippen LogP contribution in [-0.4, -0.2) is 10.5 Å². The number of aromatic nitrogens is 1. The SMILES string of the molecule is CCC(C)(CC)Nc1nc(C)ccc1N. The molecule has 0 aliphatic heterocycles. The first-order valence-corrected chi connectivity index (χ1v) is 5.52. The number of nitrogens with one attached hydrogen (secondary N) is 1. The van der Waals surface area contributed by atoms with Crippen molar-refractivity contribution in [1.82, 2.24) is 4.98 Å². The van der Waals surface area contributed by atoms with Crippen LogP contribution in [0, 0.1) is 6.92 Å². The second-order valence-corrected chi connectivity index (χ2v) is 4.28. The van der Waals surface area contributed by atoms with E-state index in [0.717, 1.165) is 24.4 Å². The van der Waals surface area contributed by atoms with Crippen LogP contribution in [0.25, 0.3) is 0 Å². The molecule has 1 rings (SSSR count). The Morgan fingerprint density at radius 1 is 1.33 bits per heavy atom. The van der Waals surface area contributed by atoms with Crippen LogP contribution in [0.3, 0.4) is 0 Å². The van der Waals surface area contributed by atoms with Gasteiger partial charge in [-0.2, -0.15) is 0 Å². The zero-order chi connectivity index (χ0) is 11.5. The fourth-order valence-electron chi connectivity index (χ4n) is 1.38. The lowest BCUT2D eigenvalue weighted by atomic mass is 9.95. The number of aryl methyl sites for hydroxylation is 1. The van der Waals surface area contributed by atoms with Gasteiger partial charge in [0, 0.05) is 11.2 Å². The largest absolute Gasteiger partial charge is 0.396 e. The molecule has 3 nitrogen and oxygen atoms in total. The van der Waals surface area contributed by atoms with Crippen molar-refractivity contribution in [1.29, 1.82) is 0 Å². The van der Waals surface area contributed by atoms with Gasteiger partial charge in [0.15, 0.2) is 0 Å². The maximum atomic E-state index is 5.88. The van der Waals surface area contributed by atoms with Crippen molar-refractivity contribution in [3.05, 3.63) is 17.8 Å². The molecule has 84 valence electrons. The van der Waals surface area contributed by atoms with E-state index in [9.17, 15) is 0 Å². The number of nitrogens with zero attached hydrogens (tertiary/aromatic N) is 1. The molecule has 0 aliphatic rings. The van der Waals surface area contributed by atoms with E-state index < -0.39 is 0 Å². The Hall–Kier alpha value is -1.25. The van der Waals surface area contributed by atoms with Gasteiger partial charge in [0.25, 0.3) is 0 Å². The van der Waals surface area contributed by atoms with Gasteiger partial charge in [0.2, 0.25) is 0 Å². The van der Waals surface area contributed by atoms with Crippen LogP contribution < -0.4 is 11.1 Å². The highest BCUT2D eigenvalue weighted by Gasteiger charge is 2.20. The number of nitrogens with two attached hydrogens (primary N) is 1. The van der Waals surface area contributed by atoms with Gasteiger partial charge >= 0.3 is 0 Å². The molecule has 0 radical (unpaired) electrons. The molecule has 3 N–H and O–H groups in total. The van der Waals surface area contributed by atoms with Crippen molar-refractivity contribution < 1.29 is 0 Å². The summed E-state index contributed by atoms with van der Waals surface area (Å²) in [6, 6.07) is 3.83. The summed E-state index contributed by atoms with van der Waals surface area (Å²) in [5.74, 6) is 0.807. The summed E-state index contributed by atoms with van der Waals surface area (Å²) in [5, 5.41) is 3.43. The Kier molecular flexibility index (Phi) is 3.56. The van der Waals surface area contributed by atoms with E-state index in [1.807, 2.05) is 19.1 Å². The number of nitrogen functional groups attached to an aromatic ring is 1. The third-order valence-electron chi connectivity index (χ3n) is 3.05. The third kappa shape index (κ3) is 2.85. The molecule has 0 atom stereocenters. The first-order chi connectivity index (χ1) is 7.00. The lowest BCUT2D eigenvalue weighted by Crippen LogP contribution is -2.33. The zero-order valence-corrected chi connectivity index (χ0v) is 10.1. The molecule has 0 unspecified atom stereocenters. The normalized spacial score (nSPS) is 11.5. The lowest BCUT2D eigenvalue weighted by molar-refractivity contribution is 0.477. The minimum atomic E-state index is 0.0783. The summed E-state index contributed by atoms with van der Waals surface area (Å²) in [4.78, 5) is 4.42. The summed E-state index contributed by atoms with van der Waals surface area (Å²) in [6.45, 7) is 8.50. The zero-order valence-electron chi connectivity index (χ0n) is 10.1. The topological polar surface area (TPSA) is 50.9 Å². The molecule has 0 spiro atoms. The van der Waals surface area contributed by atoms with E-state index in [-0.39, 0.29) is 5.54 Å². The molecule has 1 aromatic rings. The monoisotopic (exact) mass is 207 g/mol. The minimum absolute atomic E-state index is 0.0783. The van der Waals surface area contributed by atoms with Crippen LogP contribution in [0.1, 0.15) is 39.3 Å². The summed E-state index contributed by atoms with van der Waals surface area (Å²) < 4.78 is 0. The Balaban J connectivity index is 2.92. The maximum Gasteiger partial charge on any atom is 0.149 e. The highest BCUT2D eigenvalue weighted by atomic mass is 15.1. The number of rotatable bonds is 4. The van der Waals surface area contributed by atoms with E-state index in [1.165, 1.54) is 0 Å².